The van der Waals surface area contributed by atoms with Crippen molar-refractivity contribution < 1.29 is 14.3 Å². The first-order chi connectivity index (χ1) is 8.38. The molecule has 0 aliphatic heterocycles. The van der Waals surface area contributed by atoms with Crippen LogP contribution in [0.3, 0.4) is 0 Å². The number of hydrogen-bond acceptors (Lipinski definition) is 4. The molecule has 0 saturated heterocycles. The lowest BCUT2D eigenvalue weighted by molar-refractivity contribution is -0.150. The number of ether oxygens (including phenoxy) is 2. The first-order valence-corrected chi connectivity index (χ1v) is 6.92. The van der Waals surface area contributed by atoms with Gasteiger partial charge in [0, 0.05) is 6.61 Å². The molecule has 2 N–H and O–H groups in total. The summed E-state index contributed by atoms with van der Waals surface area (Å²) in [5, 5.41) is 0. The zero-order chi connectivity index (χ0) is 13.6. The standard InChI is InChI=1S/C14H27NO3/c1-14(2,3)10-17-9-8-12(15)13(16)18-11-6-4-5-7-11/h11-12H,4-10,15H2,1-3H3/t12-/m0/s1. The molecule has 1 saturated carbocycles. The smallest absolute Gasteiger partial charge is 0.323 e. The van der Waals surface area contributed by atoms with Gasteiger partial charge in [-0.15, -0.1) is 0 Å². The maximum absolute atomic E-state index is 11.7. The maximum Gasteiger partial charge on any atom is 0.323 e. The quantitative estimate of drug-likeness (QED) is 0.585. The minimum atomic E-state index is -0.550. The van der Waals surface area contributed by atoms with Crippen molar-refractivity contribution >= 4 is 5.97 Å². The predicted molar refractivity (Wildman–Crippen MR) is 71.2 cm³/mol. The van der Waals surface area contributed by atoms with Crippen molar-refractivity contribution in [3.8, 4) is 0 Å². The van der Waals surface area contributed by atoms with E-state index in [1.54, 1.807) is 0 Å². The van der Waals surface area contributed by atoms with Crippen molar-refractivity contribution in [1.82, 2.24) is 0 Å². The molecule has 0 radical (unpaired) electrons. The van der Waals surface area contributed by atoms with Gasteiger partial charge in [-0.05, 0) is 37.5 Å². The van der Waals surface area contributed by atoms with Crippen molar-refractivity contribution in [1.29, 1.82) is 0 Å². The number of esters is 1. The monoisotopic (exact) mass is 257 g/mol. The highest BCUT2D eigenvalue weighted by molar-refractivity contribution is 5.75. The van der Waals surface area contributed by atoms with E-state index in [0.717, 1.165) is 25.7 Å². The minimum absolute atomic E-state index is 0.0963. The Balaban J connectivity index is 2.11. The Labute approximate surface area is 110 Å². The van der Waals surface area contributed by atoms with Crippen LogP contribution in [0.5, 0.6) is 0 Å². The van der Waals surface area contributed by atoms with Gasteiger partial charge in [-0.25, -0.2) is 0 Å². The van der Waals surface area contributed by atoms with Crippen LogP contribution in [-0.4, -0.2) is 31.3 Å². The highest BCUT2D eigenvalue weighted by atomic mass is 16.5. The van der Waals surface area contributed by atoms with Crippen molar-refractivity contribution in [2.75, 3.05) is 13.2 Å². The molecule has 0 unspecified atom stereocenters. The Hall–Kier alpha value is -0.610. The van der Waals surface area contributed by atoms with Crippen molar-refractivity contribution in [3.63, 3.8) is 0 Å². The number of nitrogens with two attached hydrogens (primary N) is 1. The van der Waals surface area contributed by atoms with Crippen molar-refractivity contribution in [2.24, 2.45) is 11.1 Å². The molecule has 1 aliphatic rings. The molecule has 1 atom stereocenters. The van der Waals surface area contributed by atoms with Gasteiger partial charge in [-0.3, -0.25) is 4.79 Å². The van der Waals surface area contributed by atoms with Gasteiger partial charge in [-0.2, -0.15) is 0 Å². The van der Waals surface area contributed by atoms with E-state index >= 15 is 0 Å². The average Bonchev–Trinajstić information content (AvgIpc) is 2.75. The molecule has 0 heterocycles. The summed E-state index contributed by atoms with van der Waals surface area (Å²) in [6.07, 6.45) is 4.91. The molecule has 0 bridgehead atoms. The topological polar surface area (TPSA) is 61.5 Å². The Morgan fingerprint density at radius 1 is 1.33 bits per heavy atom. The number of carbonyl (C=O) groups excluding carboxylic acids is 1. The lowest BCUT2D eigenvalue weighted by Gasteiger charge is -2.19. The molecular formula is C14H27NO3. The second-order valence-corrected chi connectivity index (χ2v) is 6.35. The number of rotatable bonds is 6. The Morgan fingerprint density at radius 3 is 2.50 bits per heavy atom. The van der Waals surface area contributed by atoms with Crippen molar-refractivity contribution in [2.45, 2.75) is 65.0 Å². The summed E-state index contributed by atoms with van der Waals surface area (Å²) in [5.74, 6) is -0.277. The molecule has 0 aromatic heterocycles. The molecule has 1 fully saturated rings. The largest absolute Gasteiger partial charge is 0.461 e. The molecule has 4 heteroatoms. The fourth-order valence-electron chi connectivity index (χ4n) is 1.96. The van der Waals surface area contributed by atoms with Crippen LogP contribution in [0.2, 0.25) is 0 Å². The zero-order valence-corrected chi connectivity index (χ0v) is 11.9. The normalized spacial score (nSPS) is 18.9. The molecule has 1 rings (SSSR count). The minimum Gasteiger partial charge on any atom is -0.461 e. The lowest BCUT2D eigenvalue weighted by atomic mass is 9.99. The third-order valence-corrected chi connectivity index (χ3v) is 3.00. The van der Waals surface area contributed by atoms with E-state index in [1.165, 1.54) is 0 Å². The van der Waals surface area contributed by atoms with Gasteiger partial charge in [0.05, 0.1) is 6.61 Å². The Kier molecular flexibility index (Phi) is 6.09. The molecule has 18 heavy (non-hydrogen) atoms. The van der Waals surface area contributed by atoms with E-state index in [1.807, 2.05) is 0 Å². The van der Waals surface area contributed by atoms with E-state index in [4.69, 9.17) is 15.2 Å². The summed E-state index contributed by atoms with van der Waals surface area (Å²) in [7, 11) is 0. The highest BCUT2D eigenvalue weighted by Gasteiger charge is 2.23. The fourth-order valence-corrected chi connectivity index (χ4v) is 1.96. The van der Waals surface area contributed by atoms with E-state index in [2.05, 4.69) is 20.8 Å². The molecular weight excluding hydrogens is 230 g/mol. The van der Waals surface area contributed by atoms with Crippen LogP contribution in [0.25, 0.3) is 0 Å². The molecule has 0 amide bonds. The van der Waals surface area contributed by atoms with Gasteiger partial charge in [0.15, 0.2) is 0 Å². The summed E-state index contributed by atoms with van der Waals surface area (Å²) in [5.41, 5.74) is 5.94. The maximum atomic E-state index is 11.7. The summed E-state index contributed by atoms with van der Waals surface area (Å²) in [6, 6.07) is -0.550. The predicted octanol–water partition coefficient (Wildman–Crippen LogP) is 2.25. The average molecular weight is 257 g/mol. The Bertz CT molecular complexity index is 254. The number of hydrogen-bond donors (Lipinski definition) is 1. The van der Waals surface area contributed by atoms with E-state index in [0.29, 0.717) is 19.6 Å². The summed E-state index contributed by atoms with van der Waals surface area (Å²) < 4.78 is 10.9. The van der Waals surface area contributed by atoms with Crippen LogP contribution < -0.4 is 5.73 Å². The molecule has 0 aromatic carbocycles. The Morgan fingerprint density at radius 2 is 1.94 bits per heavy atom. The molecule has 0 aromatic rings. The first-order valence-electron chi connectivity index (χ1n) is 6.92. The first kappa shape index (κ1) is 15.4. The van der Waals surface area contributed by atoms with Crippen LogP contribution in [0.15, 0.2) is 0 Å². The van der Waals surface area contributed by atoms with Crippen LogP contribution in [0.4, 0.5) is 0 Å². The third-order valence-electron chi connectivity index (χ3n) is 3.00. The lowest BCUT2D eigenvalue weighted by Crippen LogP contribution is -2.35. The van der Waals surface area contributed by atoms with Gasteiger partial charge in [-0.1, -0.05) is 20.8 Å². The summed E-state index contributed by atoms with van der Waals surface area (Å²) in [6.45, 7) is 7.53. The van der Waals surface area contributed by atoms with E-state index < -0.39 is 6.04 Å². The summed E-state index contributed by atoms with van der Waals surface area (Å²) in [4.78, 5) is 11.7. The van der Waals surface area contributed by atoms with Crippen LogP contribution in [0, 0.1) is 5.41 Å². The van der Waals surface area contributed by atoms with E-state index in [-0.39, 0.29) is 17.5 Å². The second kappa shape index (κ2) is 7.10. The molecule has 1 aliphatic carbocycles. The fraction of sp³-hybridized carbons (Fsp3) is 0.929. The van der Waals surface area contributed by atoms with Gasteiger partial charge in [0.1, 0.15) is 12.1 Å². The van der Waals surface area contributed by atoms with Gasteiger partial charge >= 0.3 is 5.97 Å². The van der Waals surface area contributed by atoms with Crippen LogP contribution in [0.1, 0.15) is 52.9 Å². The van der Waals surface area contributed by atoms with Gasteiger partial charge < -0.3 is 15.2 Å². The zero-order valence-electron chi connectivity index (χ0n) is 11.9. The molecule has 4 nitrogen and oxygen atoms in total. The SMILES string of the molecule is CC(C)(C)COCC[C@H](N)C(=O)OC1CCCC1. The van der Waals surface area contributed by atoms with Crippen LogP contribution >= 0.6 is 0 Å². The highest BCUT2D eigenvalue weighted by Crippen LogP contribution is 2.21. The van der Waals surface area contributed by atoms with Gasteiger partial charge in [0.2, 0.25) is 0 Å². The molecule has 0 spiro atoms. The summed E-state index contributed by atoms with van der Waals surface area (Å²) >= 11 is 0. The van der Waals surface area contributed by atoms with Crippen molar-refractivity contribution in [3.05, 3.63) is 0 Å². The molecule has 106 valence electrons. The van der Waals surface area contributed by atoms with Crippen LogP contribution in [-0.2, 0) is 14.3 Å². The third kappa shape index (κ3) is 6.36. The second-order valence-electron chi connectivity index (χ2n) is 6.35. The number of carbonyl (C=O) groups is 1. The van der Waals surface area contributed by atoms with Gasteiger partial charge in [0.25, 0.3) is 0 Å². The van der Waals surface area contributed by atoms with E-state index in [9.17, 15) is 4.79 Å².